The summed E-state index contributed by atoms with van der Waals surface area (Å²) < 4.78 is 31.7. The van der Waals surface area contributed by atoms with E-state index in [9.17, 15) is 67.0 Å². The lowest BCUT2D eigenvalue weighted by molar-refractivity contribution is -0.197. The smallest absolute Gasteiger partial charge is 0.333 e. The number of hydrogen-bond acceptors (Lipinski definition) is 14. The standard InChI is InChI=1S/C51H63F2N9O15/c1-29(64)21-36(57-41(67)11-8-12-46(73)77-62-42(68)15-16-43(62)69)49(75)59-37(24-39(54)65)50(76)58-35(48(74)55-19-17-40(66)56-25-45(71)72)18-20-61(44(70)28-63)47(51(2,3)4)38-22-31(33-23-32(52)13-14-34(33)53)27-60(38)26-30-9-6-5-7-10-30/h5-7,9-10,13-14,22-23,27,35-37,47,63H,8,11-12,15-21,24-26,28H2,1-4H3,(H2,54,65)(H,55,74)(H,56,66)(H,57,67)(H,58,76)(H,59,75)(H,71,72). The number of amides is 9. The SMILES string of the molecule is CC(=O)CC(NC(=O)CCCC(=O)ON1C(=O)CCC1=O)C(=O)NC(CC(N)=O)C(=O)NC(CCN(C(=O)CO)C(c1cc(-c2cc(F)ccc2F)cn1Cc1ccccc1)C(C)(C)C)C(=O)NCCC(=O)NCC(=O)O. The Morgan fingerprint density at radius 1 is 0.792 bits per heavy atom. The summed E-state index contributed by atoms with van der Waals surface area (Å²) in [6.45, 7) is 3.90. The van der Waals surface area contributed by atoms with Gasteiger partial charge in [0.1, 0.15) is 48.7 Å². The molecule has 3 aromatic rings. The molecule has 1 aliphatic heterocycles. The molecule has 9 amide bonds. The number of carbonyl (C=O) groups is 12. The molecular weight excluding hydrogens is 1020 g/mol. The summed E-state index contributed by atoms with van der Waals surface area (Å²) in [4.78, 5) is 159. The number of aliphatic hydroxyl groups is 1. The van der Waals surface area contributed by atoms with Crippen LogP contribution in [-0.4, -0.2) is 140 Å². The highest BCUT2D eigenvalue weighted by Gasteiger charge is 2.39. The van der Waals surface area contributed by atoms with Gasteiger partial charge < -0.3 is 56.8 Å². The van der Waals surface area contributed by atoms with E-state index < -0.39 is 177 Å². The molecule has 1 fully saturated rings. The van der Waals surface area contributed by atoms with E-state index in [-0.39, 0.29) is 36.9 Å². The zero-order valence-corrected chi connectivity index (χ0v) is 42.9. The zero-order chi connectivity index (χ0) is 57.1. The van der Waals surface area contributed by atoms with E-state index in [0.29, 0.717) is 10.8 Å². The van der Waals surface area contributed by atoms with Gasteiger partial charge in [0.2, 0.25) is 41.4 Å². The molecule has 9 N–H and O–H groups in total. The van der Waals surface area contributed by atoms with Crippen LogP contribution in [0.3, 0.4) is 0 Å². The fraction of sp³-hybridized carbons (Fsp3) is 0.451. The molecule has 1 saturated heterocycles. The highest BCUT2D eigenvalue weighted by atomic mass is 19.1. The van der Waals surface area contributed by atoms with Crippen LogP contribution < -0.4 is 32.3 Å². The maximum Gasteiger partial charge on any atom is 0.333 e. The van der Waals surface area contributed by atoms with Crippen molar-refractivity contribution in [1.82, 2.24) is 41.1 Å². The Balaban J connectivity index is 1.65. The Morgan fingerprint density at radius 3 is 2.03 bits per heavy atom. The highest BCUT2D eigenvalue weighted by Crippen LogP contribution is 2.41. The first-order chi connectivity index (χ1) is 36.3. The molecule has 4 atom stereocenters. The summed E-state index contributed by atoms with van der Waals surface area (Å²) in [5, 5.41) is 31.3. The summed E-state index contributed by atoms with van der Waals surface area (Å²) in [6, 6.07) is 7.23. The Labute approximate surface area is 440 Å². The third-order valence-electron chi connectivity index (χ3n) is 11.8. The van der Waals surface area contributed by atoms with Crippen LogP contribution in [0.1, 0.15) is 103 Å². The molecule has 1 aliphatic rings. The molecule has 1 aromatic heterocycles. The number of Topliss-reactive ketones (excluding diaryl/α,β-unsaturated/α-hetero) is 1. The lowest BCUT2D eigenvalue weighted by Gasteiger charge is -2.41. The molecule has 0 spiro atoms. The number of hydrogen-bond donors (Lipinski definition) is 8. The molecule has 0 radical (unpaired) electrons. The number of nitrogens with zero attached hydrogens (tertiary/aromatic N) is 3. The third-order valence-corrected chi connectivity index (χ3v) is 11.8. The normalized spacial score (nSPS) is 13.8. The van der Waals surface area contributed by atoms with Gasteiger partial charge in [-0.15, -0.1) is 5.06 Å². The first-order valence-corrected chi connectivity index (χ1v) is 24.4. The summed E-state index contributed by atoms with van der Waals surface area (Å²) in [5.41, 5.74) is 5.83. The minimum atomic E-state index is -1.89. The second-order valence-electron chi connectivity index (χ2n) is 19.1. The third kappa shape index (κ3) is 19.0. The van der Waals surface area contributed by atoms with Crippen LogP contribution in [0.25, 0.3) is 11.1 Å². The number of carboxylic acids is 1. The van der Waals surface area contributed by atoms with Crippen molar-refractivity contribution >= 4 is 70.9 Å². The van der Waals surface area contributed by atoms with Crippen molar-refractivity contribution in [2.45, 2.75) is 116 Å². The number of aliphatic hydroxyl groups excluding tert-OH is 1. The number of primary amides is 1. The van der Waals surface area contributed by atoms with E-state index in [1.807, 2.05) is 12.1 Å². The molecule has 26 heteroatoms. The van der Waals surface area contributed by atoms with Gasteiger partial charge in [-0.05, 0) is 55.0 Å². The van der Waals surface area contributed by atoms with E-state index in [2.05, 4.69) is 26.6 Å². The Morgan fingerprint density at radius 2 is 1.43 bits per heavy atom. The molecule has 416 valence electrons. The molecule has 2 aromatic carbocycles. The van der Waals surface area contributed by atoms with Crippen molar-refractivity contribution in [1.29, 1.82) is 0 Å². The lowest BCUT2D eigenvalue weighted by Crippen LogP contribution is -2.58. The number of halogens is 2. The molecule has 0 saturated carbocycles. The maximum atomic E-state index is 15.4. The van der Waals surface area contributed by atoms with Gasteiger partial charge in [-0.25, -0.2) is 13.6 Å². The minimum Gasteiger partial charge on any atom is -0.480 e. The van der Waals surface area contributed by atoms with Gasteiger partial charge in [0.05, 0.1) is 12.5 Å². The maximum absolute atomic E-state index is 15.4. The van der Waals surface area contributed by atoms with Crippen LogP contribution in [0.15, 0.2) is 60.8 Å². The lowest BCUT2D eigenvalue weighted by atomic mass is 9.82. The van der Waals surface area contributed by atoms with E-state index in [1.165, 1.54) is 4.90 Å². The van der Waals surface area contributed by atoms with Gasteiger partial charge in [0.25, 0.3) is 11.8 Å². The van der Waals surface area contributed by atoms with Gasteiger partial charge in [0, 0.05) is 81.2 Å². The van der Waals surface area contributed by atoms with Crippen molar-refractivity contribution in [3.8, 4) is 11.1 Å². The molecule has 4 unspecified atom stereocenters. The first kappa shape index (κ1) is 61.1. The van der Waals surface area contributed by atoms with Gasteiger partial charge in [-0.2, -0.15) is 0 Å². The predicted octanol–water partition coefficient (Wildman–Crippen LogP) is 0.573. The molecule has 0 aliphatic carbocycles. The van der Waals surface area contributed by atoms with Crippen molar-refractivity contribution in [3.05, 3.63) is 83.7 Å². The van der Waals surface area contributed by atoms with Crippen LogP contribution in [0.2, 0.25) is 0 Å². The Kier molecular flexibility index (Phi) is 22.6. The van der Waals surface area contributed by atoms with E-state index >= 15 is 4.39 Å². The van der Waals surface area contributed by atoms with Gasteiger partial charge in [0.15, 0.2) is 0 Å². The van der Waals surface area contributed by atoms with E-state index in [1.54, 1.807) is 55.8 Å². The second kappa shape index (κ2) is 28.5. The molecular formula is C51H63F2N9O15. The van der Waals surface area contributed by atoms with Crippen molar-refractivity contribution in [2.24, 2.45) is 11.1 Å². The number of carbonyl (C=O) groups excluding carboxylic acids is 11. The van der Waals surface area contributed by atoms with Gasteiger partial charge in [-0.1, -0.05) is 51.1 Å². The molecule has 4 rings (SSSR count). The predicted molar refractivity (Wildman–Crippen MR) is 265 cm³/mol. The van der Waals surface area contributed by atoms with Crippen molar-refractivity contribution < 1.29 is 81.4 Å². The summed E-state index contributed by atoms with van der Waals surface area (Å²) in [6.07, 6.45) is -2.24. The molecule has 77 heavy (non-hydrogen) atoms. The van der Waals surface area contributed by atoms with E-state index in [4.69, 9.17) is 15.7 Å². The summed E-state index contributed by atoms with van der Waals surface area (Å²) >= 11 is 0. The van der Waals surface area contributed by atoms with Crippen LogP contribution in [0.4, 0.5) is 8.78 Å². The number of ketones is 1. The fourth-order valence-electron chi connectivity index (χ4n) is 8.24. The van der Waals surface area contributed by atoms with Crippen LogP contribution >= 0.6 is 0 Å². The van der Waals surface area contributed by atoms with Crippen LogP contribution in [0, 0.1) is 17.0 Å². The van der Waals surface area contributed by atoms with E-state index in [0.717, 1.165) is 30.7 Å². The average Bonchev–Trinajstić information content (AvgIpc) is 3.92. The largest absolute Gasteiger partial charge is 0.480 e. The quantitative estimate of drug-likeness (QED) is 0.0441. The minimum absolute atomic E-state index is 0.0952. The van der Waals surface area contributed by atoms with Crippen LogP contribution in [-0.2, 0) is 68.9 Å². The van der Waals surface area contributed by atoms with Crippen molar-refractivity contribution in [2.75, 3.05) is 26.2 Å². The molecule has 2 heterocycles. The number of benzene rings is 2. The number of imide groups is 1. The topological polar surface area (TPSA) is 352 Å². The van der Waals surface area contributed by atoms with Gasteiger partial charge in [-0.3, -0.25) is 52.7 Å². The number of aliphatic carboxylic acids is 1. The zero-order valence-electron chi connectivity index (χ0n) is 42.9. The Bertz CT molecular complexity index is 2690. The number of nitrogens with two attached hydrogens (primary N) is 1. The molecule has 0 bridgehead atoms. The second-order valence-corrected chi connectivity index (χ2v) is 19.1. The summed E-state index contributed by atoms with van der Waals surface area (Å²) in [7, 11) is 0. The average molecular weight is 1080 g/mol. The monoisotopic (exact) mass is 1080 g/mol. The van der Waals surface area contributed by atoms with Crippen LogP contribution in [0.5, 0.6) is 0 Å². The number of carboxylic acid groups (broad SMARTS) is 1. The number of nitrogens with one attached hydrogen (secondary N) is 5. The first-order valence-electron chi connectivity index (χ1n) is 24.4. The number of hydroxylamine groups is 2. The summed E-state index contributed by atoms with van der Waals surface area (Å²) in [5.74, 6) is -12.9. The van der Waals surface area contributed by atoms with Gasteiger partial charge >= 0.3 is 11.9 Å². The highest BCUT2D eigenvalue weighted by molar-refractivity contribution is 6.02. The number of aromatic nitrogens is 1. The van der Waals surface area contributed by atoms with Crippen molar-refractivity contribution in [3.63, 3.8) is 0 Å². The fourth-order valence-corrected chi connectivity index (χ4v) is 8.24. The number of rotatable bonds is 29. The Hall–Kier alpha value is -8.42. The molecule has 24 nitrogen and oxygen atoms in total.